The van der Waals surface area contributed by atoms with Crippen molar-refractivity contribution in [2.24, 2.45) is 17.3 Å². The second-order valence-corrected chi connectivity index (χ2v) is 5.86. The van der Waals surface area contributed by atoms with E-state index in [0.29, 0.717) is 12.3 Å². The monoisotopic (exact) mass is 244 g/mol. The van der Waals surface area contributed by atoms with Crippen molar-refractivity contribution < 1.29 is 19.8 Å². The smallest absolute Gasteiger partial charge is 0.306 e. The minimum Gasteiger partial charge on any atom is -0.481 e. The molecule has 4 nitrogen and oxygen atoms in total. The van der Waals surface area contributed by atoms with Gasteiger partial charge in [-0.15, -0.1) is 0 Å². The molecule has 100 valence electrons. The molecule has 0 radical (unpaired) electrons. The van der Waals surface area contributed by atoms with E-state index in [1.807, 2.05) is 13.8 Å². The van der Waals surface area contributed by atoms with E-state index < -0.39 is 11.9 Å². The van der Waals surface area contributed by atoms with Gasteiger partial charge >= 0.3 is 11.9 Å². The summed E-state index contributed by atoms with van der Waals surface area (Å²) in [6.07, 6.45) is 2.45. The van der Waals surface area contributed by atoms with E-state index in [0.717, 1.165) is 12.8 Å². The number of rotatable bonds is 8. The molecule has 0 amide bonds. The van der Waals surface area contributed by atoms with E-state index in [2.05, 4.69) is 6.92 Å². The summed E-state index contributed by atoms with van der Waals surface area (Å²) in [6.45, 7) is 7.64. The Kier molecular flexibility index (Phi) is 6.21. The number of hydrogen-bond acceptors (Lipinski definition) is 2. The fourth-order valence-corrected chi connectivity index (χ4v) is 2.18. The van der Waals surface area contributed by atoms with Crippen molar-refractivity contribution in [1.29, 1.82) is 0 Å². The maximum Gasteiger partial charge on any atom is 0.306 e. The molecule has 4 heteroatoms. The lowest BCUT2D eigenvalue weighted by Crippen LogP contribution is -2.20. The highest BCUT2D eigenvalue weighted by Crippen LogP contribution is 2.31. The van der Waals surface area contributed by atoms with E-state index in [4.69, 9.17) is 10.2 Å². The van der Waals surface area contributed by atoms with Gasteiger partial charge in [-0.2, -0.15) is 0 Å². The van der Waals surface area contributed by atoms with Crippen molar-refractivity contribution in [1.82, 2.24) is 0 Å². The molecule has 2 N–H and O–H groups in total. The lowest BCUT2D eigenvalue weighted by atomic mass is 9.79. The van der Waals surface area contributed by atoms with E-state index in [-0.39, 0.29) is 17.8 Å². The third-order valence-electron chi connectivity index (χ3n) is 3.04. The van der Waals surface area contributed by atoms with Gasteiger partial charge in [-0.25, -0.2) is 0 Å². The number of carboxylic acid groups (broad SMARTS) is 2. The van der Waals surface area contributed by atoms with Gasteiger partial charge in [0.05, 0.1) is 12.3 Å². The van der Waals surface area contributed by atoms with Crippen LogP contribution in [0.5, 0.6) is 0 Å². The first-order valence-electron chi connectivity index (χ1n) is 6.08. The summed E-state index contributed by atoms with van der Waals surface area (Å²) < 4.78 is 0. The number of carbonyl (C=O) groups is 2. The van der Waals surface area contributed by atoms with Crippen molar-refractivity contribution in [3.63, 3.8) is 0 Å². The Hall–Kier alpha value is -1.06. The highest BCUT2D eigenvalue weighted by molar-refractivity contribution is 5.69. The minimum atomic E-state index is -0.777. The molecule has 17 heavy (non-hydrogen) atoms. The van der Waals surface area contributed by atoms with Gasteiger partial charge in [0, 0.05) is 0 Å². The van der Waals surface area contributed by atoms with Crippen molar-refractivity contribution in [3.8, 4) is 0 Å². The molecular weight excluding hydrogens is 220 g/mol. The fraction of sp³-hybridized carbons (Fsp3) is 0.846. The quantitative estimate of drug-likeness (QED) is 0.688. The van der Waals surface area contributed by atoms with Gasteiger partial charge < -0.3 is 10.2 Å². The molecule has 2 atom stereocenters. The first-order chi connectivity index (χ1) is 7.64. The lowest BCUT2D eigenvalue weighted by molar-refractivity contribution is -0.141. The van der Waals surface area contributed by atoms with Crippen molar-refractivity contribution in [3.05, 3.63) is 0 Å². The van der Waals surface area contributed by atoms with Gasteiger partial charge in [0.1, 0.15) is 0 Å². The molecule has 0 aromatic heterocycles. The SMILES string of the molecule is CC(CCC(C)C(=O)O)CC(C)(C)CC(=O)O. The molecule has 0 fully saturated rings. The highest BCUT2D eigenvalue weighted by Gasteiger charge is 2.24. The van der Waals surface area contributed by atoms with Crippen LogP contribution < -0.4 is 0 Å². The molecule has 0 spiro atoms. The molecule has 0 aliphatic rings. The number of aliphatic carboxylic acids is 2. The van der Waals surface area contributed by atoms with Gasteiger partial charge in [-0.3, -0.25) is 9.59 Å². The second kappa shape index (κ2) is 6.62. The minimum absolute atomic E-state index is 0.159. The molecule has 0 rings (SSSR count). The topological polar surface area (TPSA) is 74.6 Å². The fourth-order valence-electron chi connectivity index (χ4n) is 2.18. The van der Waals surface area contributed by atoms with E-state index >= 15 is 0 Å². The van der Waals surface area contributed by atoms with Crippen LogP contribution in [0.25, 0.3) is 0 Å². The Morgan fingerprint density at radius 3 is 2.06 bits per heavy atom. The highest BCUT2D eigenvalue weighted by atomic mass is 16.4. The van der Waals surface area contributed by atoms with Crippen molar-refractivity contribution >= 4 is 11.9 Å². The van der Waals surface area contributed by atoms with Crippen LogP contribution in [0.3, 0.4) is 0 Å². The van der Waals surface area contributed by atoms with Crippen LogP contribution in [0.4, 0.5) is 0 Å². The predicted octanol–water partition coefficient (Wildman–Crippen LogP) is 3.01. The summed E-state index contributed by atoms with van der Waals surface area (Å²) in [7, 11) is 0. The summed E-state index contributed by atoms with van der Waals surface area (Å²) in [5.41, 5.74) is -0.224. The summed E-state index contributed by atoms with van der Waals surface area (Å²) >= 11 is 0. The zero-order valence-electron chi connectivity index (χ0n) is 11.2. The van der Waals surface area contributed by atoms with Gasteiger partial charge in [-0.05, 0) is 30.6 Å². The summed E-state index contributed by atoms with van der Waals surface area (Å²) in [5.74, 6) is -1.51. The predicted molar refractivity (Wildman–Crippen MR) is 65.8 cm³/mol. The average Bonchev–Trinajstić information content (AvgIpc) is 2.10. The van der Waals surface area contributed by atoms with Crippen LogP contribution >= 0.6 is 0 Å². The Bertz CT molecular complexity index is 271. The van der Waals surface area contributed by atoms with E-state index in [1.165, 1.54) is 0 Å². The van der Waals surface area contributed by atoms with Crippen LogP contribution in [0, 0.1) is 17.3 Å². The molecule has 0 aromatic rings. The molecule has 0 aliphatic carbocycles. The number of carboxylic acids is 2. The Balaban J connectivity index is 4.04. The molecule has 0 bridgehead atoms. The second-order valence-electron chi connectivity index (χ2n) is 5.86. The lowest BCUT2D eigenvalue weighted by Gasteiger charge is -2.26. The van der Waals surface area contributed by atoms with Crippen molar-refractivity contribution in [2.75, 3.05) is 0 Å². The zero-order valence-corrected chi connectivity index (χ0v) is 11.2. The third-order valence-corrected chi connectivity index (χ3v) is 3.04. The van der Waals surface area contributed by atoms with Gasteiger partial charge in [0.2, 0.25) is 0 Å². The van der Waals surface area contributed by atoms with E-state index in [1.54, 1.807) is 6.92 Å². The third kappa shape index (κ3) is 7.77. The maximum atomic E-state index is 10.7. The van der Waals surface area contributed by atoms with Crippen molar-refractivity contribution in [2.45, 2.75) is 53.4 Å². The molecule has 0 aromatic carbocycles. The molecule has 2 unspecified atom stereocenters. The Morgan fingerprint density at radius 1 is 1.12 bits per heavy atom. The first kappa shape index (κ1) is 15.9. The summed E-state index contributed by atoms with van der Waals surface area (Å²) in [4.78, 5) is 21.3. The first-order valence-corrected chi connectivity index (χ1v) is 6.08. The molecule has 0 saturated heterocycles. The van der Waals surface area contributed by atoms with E-state index in [9.17, 15) is 9.59 Å². The Morgan fingerprint density at radius 2 is 1.65 bits per heavy atom. The number of hydrogen-bond donors (Lipinski definition) is 2. The van der Waals surface area contributed by atoms with Gasteiger partial charge in [0.25, 0.3) is 0 Å². The summed E-state index contributed by atoms with van der Waals surface area (Å²) in [6, 6.07) is 0. The molecule has 0 heterocycles. The molecule has 0 aliphatic heterocycles. The average molecular weight is 244 g/mol. The van der Waals surface area contributed by atoms with Gasteiger partial charge in [0.15, 0.2) is 0 Å². The van der Waals surface area contributed by atoms with Crippen LogP contribution in [-0.2, 0) is 9.59 Å². The van der Waals surface area contributed by atoms with Crippen LogP contribution in [-0.4, -0.2) is 22.2 Å². The maximum absolute atomic E-state index is 10.7. The standard InChI is InChI=1S/C13H24O4/c1-9(5-6-10(2)12(16)17)7-13(3,4)8-11(14)15/h9-10H,5-8H2,1-4H3,(H,14,15)(H,16,17). The van der Waals surface area contributed by atoms with Crippen LogP contribution in [0.15, 0.2) is 0 Å². The normalized spacial score (nSPS) is 15.3. The largest absolute Gasteiger partial charge is 0.481 e. The Labute approximate surface area is 103 Å². The van der Waals surface area contributed by atoms with Crippen LogP contribution in [0.1, 0.15) is 53.4 Å². The van der Waals surface area contributed by atoms with Gasteiger partial charge in [-0.1, -0.05) is 27.7 Å². The van der Waals surface area contributed by atoms with Crippen LogP contribution in [0.2, 0.25) is 0 Å². The molecule has 0 saturated carbocycles. The molecular formula is C13H24O4. The summed E-state index contributed by atoms with van der Waals surface area (Å²) in [5, 5.41) is 17.5. The zero-order chi connectivity index (χ0) is 13.6.